The fourth-order valence-corrected chi connectivity index (χ4v) is 2.47. The molecule has 0 amide bonds. The molecule has 0 aliphatic heterocycles. The van der Waals surface area contributed by atoms with Gasteiger partial charge in [0.25, 0.3) is 0 Å². The van der Waals surface area contributed by atoms with Crippen LogP contribution < -0.4 is 4.74 Å². The average molecular weight is 359 g/mol. The highest BCUT2D eigenvalue weighted by Crippen LogP contribution is 2.18. The van der Waals surface area contributed by atoms with Gasteiger partial charge in [-0.1, -0.05) is 41.4 Å². The fraction of sp³-hybridized carbons (Fsp3) is 0.105. The van der Waals surface area contributed by atoms with Crippen LogP contribution in [0.4, 0.5) is 0 Å². The van der Waals surface area contributed by atoms with Gasteiger partial charge in [0, 0.05) is 22.4 Å². The Kier molecular flexibility index (Phi) is 5.57. The van der Waals surface area contributed by atoms with Crippen LogP contribution in [0.3, 0.4) is 0 Å². The molecular weight excluding hydrogens is 343 g/mol. The molecule has 2 aromatic carbocycles. The van der Waals surface area contributed by atoms with Gasteiger partial charge in [-0.15, -0.1) is 0 Å². The first-order chi connectivity index (χ1) is 11.7. The maximum atomic E-state index is 6.07. The summed E-state index contributed by atoms with van der Waals surface area (Å²) in [5.74, 6) is 0.769. The molecule has 0 fully saturated rings. The minimum atomic E-state index is -0.143. The largest absolute Gasteiger partial charge is 0.484 e. The van der Waals surface area contributed by atoms with Crippen LogP contribution in [0, 0.1) is 0 Å². The van der Waals surface area contributed by atoms with Crippen molar-refractivity contribution in [3.8, 4) is 5.75 Å². The van der Waals surface area contributed by atoms with E-state index in [9.17, 15) is 0 Å². The first-order valence-electron chi connectivity index (χ1n) is 7.51. The number of halogens is 2. The molecule has 0 saturated heterocycles. The van der Waals surface area contributed by atoms with E-state index in [-0.39, 0.29) is 6.10 Å². The maximum absolute atomic E-state index is 6.07. The number of rotatable bonds is 6. The third-order valence-corrected chi connectivity index (χ3v) is 3.93. The minimum Gasteiger partial charge on any atom is -0.484 e. The van der Waals surface area contributed by atoms with E-state index in [1.54, 1.807) is 12.5 Å². The molecule has 0 aliphatic carbocycles. The Morgan fingerprint density at radius 2 is 1.67 bits per heavy atom. The summed E-state index contributed by atoms with van der Waals surface area (Å²) in [5.41, 5.74) is 1.06. The quantitative estimate of drug-likeness (QED) is 0.593. The molecule has 3 nitrogen and oxygen atoms in total. The van der Waals surface area contributed by atoms with Crippen molar-refractivity contribution in [1.82, 2.24) is 9.55 Å². The SMILES string of the molecule is Clc1ccc(C=CC(Cn2ccnc2)Oc2ccc(Cl)cc2)cc1. The van der Waals surface area contributed by atoms with E-state index in [1.165, 1.54) is 0 Å². The van der Waals surface area contributed by atoms with Gasteiger partial charge in [0.2, 0.25) is 0 Å². The Bertz CT molecular complexity index is 781. The summed E-state index contributed by atoms with van der Waals surface area (Å²) in [7, 11) is 0. The molecule has 0 N–H and O–H groups in total. The van der Waals surface area contributed by atoms with E-state index in [4.69, 9.17) is 27.9 Å². The zero-order valence-corrected chi connectivity index (χ0v) is 14.4. The highest BCUT2D eigenvalue weighted by Gasteiger charge is 2.08. The number of hydrogen-bond acceptors (Lipinski definition) is 2. The lowest BCUT2D eigenvalue weighted by molar-refractivity contribution is 0.227. The van der Waals surface area contributed by atoms with Gasteiger partial charge in [0.05, 0.1) is 12.9 Å². The molecule has 3 rings (SSSR count). The van der Waals surface area contributed by atoms with Crippen LogP contribution in [0.1, 0.15) is 5.56 Å². The minimum absolute atomic E-state index is 0.143. The van der Waals surface area contributed by atoms with Crippen molar-refractivity contribution in [2.24, 2.45) is 0 Å². The van der Waals surface area contributed by atoms with Gasteiger partial charge in [-0.3, -0.25) is 0 Å². The van der Waals surface area contributed by atoms with Crippen LogP contribution in [-0.4, -0.2) is 15.7 Å². The molecule has 0 saturated carbocycles. The average Bonchev–Trinajstić information content (AvgIpc) is 3.09. The van der Waals surface area contributed by atoms with Crippen LogP contribution in [-0.2, 0) is 6.54 Å². The lowest BCUT2D eigenvalue weighted by Crippen LogP contribution is -2.20. The number of benzene rings is 2. The molecule has 0 spiro atoms. The summed E-state index contributed by atoms with van der Waals surface area (Å²) >= 11 is 11.8. The summed E-state index contributed by atoms with van der Waals surface area (Å²) in [6.45, 7) is 0.659. The van der Waals surface area contributed by atoms with Crippen LogP contribution >= 0.6 is 23.2 Å². The van der Waals surface area contributed by atoms with Crippen molar-refractivity contribution in [3.63, 3.8) is 0 Å². The van der Waals surface area contributed by atoms with Gasteiger partial charge >= 0.3 is 0 Å². The van der Waals surface area contributed by atoms with E-state index in [1.807, 2.05) is 71.4 Å². The van der Waals surface area contributed by atoms with Crippen molar-refractivity contribution in [2.75, 3.05) is 0 Å². The fourth-order valence-electron chi connectivity index (χ4n) is 2.22. The van der Waals surface area contributed by atoms with Crippen LogP contribution in [0.2, 0.25) is 10.0 Å². The molecule has 0 bridgehead atoms. The molecule has 5 heteroatoms. The van der Waals surface area contributed by atoms with Crippen LogP contribution in [0.25, 0.3) is 6.08 Å². The highest BCUT2D eigenvalue weighted by molar-refractivity contribution is 6.30. The first-order valence-corrected chi connectivity index (χ1v) is 8.26. The van der Waals surface area contributed by atoms with Gasteiger partial charge in [-0.05, 0) is 48.0 Å². The molecule has 24 heavy (non-hydrogen) atoms. The van der Waals surface area contributed by atoms with E-state index >= 15 is 0 Å². The first kappa shape index (κ1) is 16.6. The number of aromatic nitrogens is 2. The molecule has 3 aromatic rings. The highest BCUT2D eigenvalue weighted by atomic mass is 35.5. The Labute approximate surface area is 151 Å². The molecule has 122 valence electrons. The molecule has 0 aliphatic rings. The number of nitrogens with zero attached hydrogens (tertiary/aromatic N) is 2. The third kappa shape index (κ3) is 4.88. The van der Waals surface area contributed by atoms with E-state index in [0.29, 0.717) is 11.6 Å². The summed E-state index contributed by atoms with van der Waals surface area (Å²) in [6.07, 6.45) is 9.34. The predicted molar refractivity (Wildman–Crippen MR) is 98.6 cm³/mol. The zero-order chi connectivity index (χ0) is 16.8. The van der Waals surface area contributed by atoms with E-state index in [0.717, 1.165) is 16.3 Å². The van der Waals surface area contributed by atoms with Crippen molar-refractivity contribution in [2.45, 2.75) is 12.6 Å². The topological polar surface area (TPSA) is 27.1 Å². The molecular formula is C19H16Cl2N2O. The Balaban J connectivity index is 1.75. The van der Waals surface area contributed by atoms with Gasteiger partial charge in [-0.25, -0.2) is 4.98 Å². The monoisotopic (exact) mass is 358 g/mol. The van der Waals surface area contributed by atoms with Gasteiger partial charge in [0.15, 0.2) is 0 Å². The Morgan fingerprint density at radius 1 is 1.00 bits per heavy atom. The summed E-state index contributed by atoms with van der Waals surface area (Å²) in [4.78, 5) is 4.07. The van der Waals surface area contributed by atoms with Crippen molar-refractivity contribution in [1.29, 1.82) is 0 Å². The third-order valence-electron chi connectivity index (χ3n) is 3.42. The van der Waals surface area contributed by atoms with E-state index < -0.39 is 0 Å². The van der Waals surface area contributed by atoms with Crippen molar-refractivity contribution in [3.05, 3.63) is 88.9 Å². The van der Waals surface area contributed by atoms with Gasteiger partial charge in [0.1, 0.15) is 11.9 Å². The van der Waals surface area contributed by atoms with E-state index in [2.05, 4.69) is 4.98 Å². The molecule has 1 aromatic heterocycles. The molecule has 1 heterocycles. The lowest BCUT2D eigenvalue weighted by Gasteiger charge is -2.16. The Hall–Kier alpha value is -2.23. The molecule has 1 unspecified atom stereocenters. The van der Waals surface area contributed by atoms with Crippen molar-refractivity contribution < 1.29 is 4.74 Å². The number of hydrogen-bond donors (Lipinski definition) is 0. The zero-order valence-electron chi connectivity index (χ0n) is 12.8. The van der Waals surface area contributed by atoms with Crippen LogP contribution in [0.5, 0.6) is 5.75 Å². The normalized spacial score (nSPS) is 12.4. The number of imidazole rings is 1. The van der Waals surface area contributed by atoms with Crippen molar-refractivity contribution >= 4 is 29.3 Å². The Morgan fingerprint density at radius 3 is 2.29 bits per heavy atom. The predicted octanol–water partition coefficient (Wildman–Crippen LogP) is 5.35. The summed E-state index contributed by atoms with van der Waals surface area (Å²) in [5, 5.41) is 1.41. The maximum Gasteiger partial charge on any atom is 0.135 e. The standard InChI is InChI=1S/C19H16Cl2N2O/c20-16-4-1-15(2-5-16)3-8-19(13-23-12-11-22-14-23)24-18-9-6-17(21)7-10-18/h1-12,14,19H,13H2. The number of ether oxygens (including phenoxy) is 1. The summed E-state index contributed by atoms with van der Waals surface area (Å²) in [6, 6.07) is 15.0. The molecule has 0 radical (unpaired) electrons. The smallest absolute Gasteiger partial charge is 0.135 e. The molecule has 1 atom stereocenters. The second-order valence-electron chi connectivity index (χ2n) is 5.28. The second-order valence-corrected chi connectivity index (χ2v) is 6.15. The van der Waals surface area contributed by atoms with Gasteiger partial charge in [-0.2, -0.15) is 0 Å². The van der Waals surface area contributed by atoms with Crippen LogP contribution in [0.15, 0.2) is 73.3 Å². The van der Waals surface area contributed by atoms with Gasteiger partial charge < -0.3 is 9.30 Å². The summed E-state index contributed by atoms with van der Waals surface area (Å²) < 4.78 is 8.05. The lowest BCUT2D eigenvalue weighted by atomic mass is 10.2. The second kappa shape index (κ2) is 8.04.